The van der Waals surface area contributed by atoms with Gasteiger partial charge in [0.15, 0.2) is 0 Å². The molecule has 6 nitrogen and oxygen atoms in total. The summed E-state index contributed by atoms with van der Waals surface area (Å²) in [4.78, 5) is 25.6. The van der Waals surface area contributed by atoms with Gasteiger partial charge >= 0.3 is 30.8 Å². The number of hydrogen-bond donors (Lipinski definition) is 2. The van der Waals surface area contributed by atoms with Crippen molar-refractivity contribution in [1.82, 2.24) is 4.98 Å². The van der Waals surface area contributed by atoms with Crippen LogP contribution in [-0.2, 0) is 20.7 Å². The number of hydrogen-bond acceptors (Lipinski definition) is 5. The largest absolute Gasteiger partial charge is 1.00 e. The van der Waals surface area contributed by atoms with Gasteiger partial charge in [-0.3, -0.25) is 0 Å². The van der Waals surface area contributed by atoms with Crippen LogP contribution in [0.15, 0.2) is 10.9 Å². The minimum Gasteiger partial charge on any atom is -1.00 e. The molecule has 0 amide bonds. The fourth-order valence-electron chi connectivity index (χ4n) is 1.07. The molecule has 1 rings (SSSR count). The Kier molecular flexibility index (Phi) is 5.68. The molecule has 0 spiro atoms. The number of carboxylic acids is 2. The summed E-state index contributed by atoms with van der Waals surface area (Å²) in [5.74, 6) is -3.07. The molecule has 0 aliphatic carbocycles. The van der Waals surface area contributed by atoms with E-state index in [1.165, 1.54) is 16.8 Å². The minimum atomic E-state index is -2.26. The second-order valence-corrected chi connectivity index (χ2v) is 3.52. The molecule has 8 heteroatoms. The predicted octanol–water partition coefficient (Wildman–Crippen LogP) is -2.64. The Balaban J connectivity index is 0. The number of aromatic nitrogens is 1. The van der Waals surface area contributed by atoms with Crippen LogP contribution in [0.25, 0.3) is 0 Å². The van der Waals surface area contributed by atoms with Gasteiger partial charge in [-0.25, -0.2) is 14.6 Å². The van der Waals surface area contributed by atoms with Crippen molar-refractivity contribution in [2.24, 2.45) is 0 Å². The van der Waals surface area contributed by atoms with E-state index in [1.807, 2.05) is 0 Å². The van der Waals surface area contributed by atoms with Crippen LogP contribution in [0.3, 0.4) is 0 Å². The zero-order chi connectivity index (χ0) is 11.5. The zero-order valence-corrected chi connectivity index (χ0v) is 9.65. The fourth-order valence-corrected chi connectivity index (χ4v) is 1.63. The molecule has 0 aliphatic rings. The molecule has 0 saturated heterocycles. The third kappa shape index (κ3) is 2.83. The molecule has 0 saturated carbocycles. The molecule has 16 heavy (non-hydrogen) atoms. The number of nitrogens with zero attached hydrogens (tertiary/aromatic N) is 1. The molecule has 0 fully saturated rings. The summed E-state index contributed by atoms with van der Waals surface area (Å²) in [6.45, 7) is 0. The fraction of sp³-hybridized carbons (Fsp3) is 0.375. The van der Waals surface area contributed by atoms with E-state index in [0.29, 0.717) is 5.69 Å². The number of aliphatic carboxylic acids is 2. The molecule has 1 heterocycles. The normalized spacial score (nSPS) is 10.6. The van der Waals surface area contributed by atoms with Crippen molar-refractivity contribution < 1.29 is 44.8 Å². The first-order valence-electron chi connectivity index (χ1n) is 3.92. The van der Waals surface area contributed by atoms with E-state index in [-0.39, 0.29) is 26.7 Å². The Hall–Kier alpha value is -0.873. The molecule has 0 aromatic carbocycles. The van der Waals surface area contributed by atoms with Crippen molar-refractivity contribution in [2.45, 2.75) is 12.0 Å². The quantitative estimate of drug-likeness (QED) is 0.430. The summed E-state index contributed by atoms with van der Waals surface area (Å²) in [7, 11) is 1.05. The summed E-state index contributed by atoms with van der Waals surface area (Å²) >= 11 is 1.26. The van der Waals surface area contributed by atoms with Crippen LogP contribution >= 0.6 is 11.3 Å². The maximum absolute atomic E-state index is 10.9. The molecule has 1 aromatic rings. The van der Waals surface area contributed by atoms with E-state index in [0.717, 1.165) is 7.11 Å². The average molecular weight is 239 g/mol. The smallest absolute Gasteiger partial charge is 1.00 e. The van der Waals surface area contributed by atoms with Crippen LogP contribution in [0.5, 0.6) is 0 Å². The number of carbonyl (C=O) groups is 2. The first-order valence-corrected chi connectivity index (χ1v) is 4.86. The van der Waals surface area contributed by atoms with Crippen molar-refractivity contribution in [3.8, 4) is 0 Å². The van der Waals surface area contributed by atoms with Crippen LogP contribution in [0.4, 0.5) is 0 Å². The van der Waals surface area contributed by atoms with Crippen LogP contribution < -0.4 is 18.9 Å². The van der Waals surface area contributed by atoms with Crippen LogP contribution in [0.1, 0.15) is 7.12 Å². The van der Waals surface area contributed by atoms with E-state index < -0.39 is 17.5 Å². The predicted molar refractivity (Wildman–Crippen MR) is 51.9 cm³/mol. The first-order chi connectivity index (χ1) is 7.03. The molecule has 2 N–H and O–H groups in total. The first kappa shape index (κ1) is 15.1. The Bertz CT molecular complexity index is 358. The van der Waals surface area contributed by atoms with Crippen molar-refractivity contribution in [2.75, 3.05) is 7.11 Å². The van der Waals surface area contributed by atoms with Gasteiger partial charge in [0, 0.05) is 18.9 Å². The van der Waals surface area contributed by atoms with Crippen LogP contribution in [0.2, 0.25) is 0 Å². The Morgan fingerprint density at radius 3 is 2.44 bits per heavy atom. The molecule has 0 atom stereocenters. The van der Waals surface area contributed by atoms with Gasteiger partial charge in [-0.05, 0) is 0 Å². The number of ether oxygens (including phenoxy) is 1. The molecular weight excluding hydrogens is 229 g/mol. The summed E-state index contributed by atoms with van der Waals surface area (Å²) in [6, 6.07) is 0. The maximum Gasteiger partial charge on any atom is 1.00 e. The van der Waals surface area contributed by atoms with Gasteiger partial charge in [-0.15, -0.1) is 11.3 Å². The van der Waals surface area contributed by atoms with E-state index in [9.17, 15) is 9.59 Å². The standard InChI is InChI=1S/C8H9NO5S.Li.H/c1-14-8(6(10)11,7(12)13)2-5-3-15-4-9-5;;/h3-4H,2H2,1H3,(H,10,11)(H,12,13);;/q;+1;-1. The van der Waals surface area contributed by atoms with Gasteiger partial charge in [0.25, 0.3) is 5.60 Å². The Morgan fingerprint density at radius 1 is 1.56 bits per heavy atom. The average Bonchev–Trinajstić information content (AvgIpc) is 2.65. The second-order valence-electron chi connectivity index (χ2n) is 2.80. The minimum absolute atomic E-state index is 0. The maximum atomic E-state index is 10.9. The van der Waals surface area contributed by atoms with E-state index in [1.54, 1.807) is 5.38 Å². The molecule has 84 valence electrons. The molecular formula is C8H10LiNO5S. The third-order valence-electron chi connectivity index (χ3n) is 1.95. The molecule has 0 unspecified atom stereocenters. The Labute approximate surface area is 109 Å². The number of methoxy groups -OCH3 is 1. The molecule has 0 bridgehead atoms. The monoisotopic (exact) mass is 239 g/mol. The number of thiazole rings is 1. The van der Waals surface area contributed by atoms with E-state index in [2.05, 4.69) is 9.72 Å². The summed E-state index contributed by atoms with van der Waals surface area (Å²) in [5, 5.41) is 19.3. The Morgan fingerprint density at radius 2 is 2.12 bits per heavy atom. The summed E-state index contributed by atoms with van der Waals surface area (Å²) in [6.07, 6.45) is -0.294. The van der Waals surface area contributed by atoms with Gasteiger partial charge < -0.3 is 16.4 Å². The van der Waals surface area contributed by atoms with Crippen LogP contribution in [0, 0.1) is 0 Å². The van der Waals surface area contributed by atoms with E-state index in [4.69, 9.17) is 10.2 Å². The molecule has 0 radical (unpaired) electrons. The van der Waals surface area contributed by atoms with E-state index >= 15 is 0 Å². The SMILES string of the molecule is COC(Cc1cscn1)(C(=O)O)C(=O)O.[H-].[Li+]. The second kappa shape index (κ2) is 6.01. The number of carboxylic acid groups (broad SMARTS) is 2. The van der Waals surface area contributed by atoms with Gasteiger partial charge in [0.1, 0.15) is 0 Å². The van der Waals surface area contributed by atoms with Gasteiger partial charge in [-0.2, -0.15) is 0 Å². The van der Waals surface area contributed by atoms with Gasteiger partial charge in [0.05, 0.1) is 11.2 Å². The summed E-state index contributed by atoms with van der Waals surface area (Å²) in [5.41, 5.74) is -0.375. The van der Waals surface area contributed by atoms with Crippen molar-refractivity contribution in [1.29, 1.82) is 0 Å². The third-order valence-corrected chi connectivity index (χ3v) is 2.59. The van der Waals surface area contributed by atoms with Gasteiger partial charge in [0.2, 0.25) is 0 Å². The van der Waals surface area contributed by atoms with Crippen LogP contribution in [-0.4, -0.2) is 39.8 Å². The van der Waals surface area contributed by atoms with Gasteiger partial charge in [-0.1, -0.05) is 0 Å². The van der Waals surface area contributed by atoms with Crippen molar-refractivity contribution >= 4 is 23.3 Å². The van der Waals surface area contributed by atoms with Crippen molar-refractivity contribution in [3.63, 3.8) is 0 Å². The molecule has 1 aromatic heterocycles. The summed E-state index contributed by atoms with van der Waals surface area (Å²) < 4.78 is 4.60. The topological polar surface area (TPSA) is 96.7 Å². The zero-order valence-electron chi connectivity index (χ0n) is 9.84. The molecule has 0 aliphatic heterocycles. The van der Waals surface area contributed by atoms with Crippen molar-refractivity contribution in [3.05, 3.63) is 16.6 Å². The number of rotatable bonds is 5.